The average Bonchev–Trinajstić information content (AvgIpc) is 2.36. The summed E-state index contributed by atoms with van der Waals surface area (Å²) < 4.78 is 0. The van der Waals surface area contributed by atoms with Crippen molar-refractivity contribution in [1.29, 1.82) is 0 Å². The van der Waals surface area contributed by atoms with Crippen LogP contribution in [0.5, 0.6) is 0 Å². The molecule has 0 amide bonds. The fourth-order valence-corrected chi connectivity index (χ4v) is 2.30. The molecule has 3 N–H and O–H groups in total. The number of nitrogens with one attached hydrogen (secondary N) is 1. The molecule has 88 valence electrons. The lowest BCUT2D eigenvalue weighted by Gasteiger charge is -2.24. The Balaban J connectivity index is 2.33. The lowest BCUT2D eigenvalue weighted by molar-refractivity contribution is 0.0320. The van der Waals surface area contributed by atoms with Gasteiger partial charge in [-0.05, 0) is 29.7 Å². The Kier molecular flexibility index (Phi) is 3.82. The van der Waals surface area contributed by atoms with Crippen LogP contribution in [0.1, 0.15) is 22.8 Å². The molecule has 0 fully saturated rings. The third-order valence-corrected chi connectivity index (χ3v) is 3.33. The quantitative estimate of drug-likeness (QED) is 0.692. The maximum Gasteiger partial charge on any atom is 0.106 e. The van der Waals surface area contributed by atoms with E-state index in [1.807, 2.05) is 18.2 Å². The Hall–Kier alpha value is -0.610. The molecule has 1 aromatic rings. The highest BCUT2D eigenvalue weighted by molar-refractivity contribution is 6.18. The van der Waals surface area contributed by atoms with Gasteiger partial charge < -0.3 is 15.5 Å². The highest BCUT2D eigenvalue weighted by atomic mass is 35.5. The van der Waals surface area contributed by atoms with Crippen LogP contribution in [-0.2, 0) is 13.0 Å². The standard InChI is InChI=1S/C12H16ClNO2/c13-6-11(15)12(16)10-3-1-2-8-7-14-5-4-9(8)10/h1-3,11-12,14-16H,4-7H2. The summed E-state index contributed by atoms with van der Waals surface area (Å²) in [6.07, 6.45) is -0.897. The molecule has 0 radical (unpaired) electrons. The Morgan fingerprint density at radius 2 is 2.19 bits per heavy atom. The molecular weight excluding hydrogens is 226 g/mol. The molecule has 0 saturated carbocycles. The van der Waals surface area contributed by atoms with Crippen LogP contribution >= 0.6 is 11.6 Å². The van der Waals surface area contributed by atoms with Gasteiger partial charge in [0.15, 0.2) is 0 Å². The molecule has 1 aliphatic heterocycles. The molecule has 1 aliphatic rings. The number of alkyl halides is 1. The maximum absolute atomic E-state index is 9.99. The van der Waals surface area contributed by atoms with E-state index < -0.39 is 12.2 Å². The van der Waals surface area contributed by atoms with Gasteiger partial charge in [-0.3, -0.25) is 0 Å². The number of rotatable bonds is 3. The van der Waals surface area contributed by atoms with E-state index in [1.54, 1.807) is 0 Å². The lowest BCUT2D eigenvalue weighted by atomic mass is 9.91. The van der Waals surface area contributed by atoms with Gasteiger partial charge in [0.2, 0.25) is 0 Å². The van der Waals surface area contributed by atoms with E-state index in [2.05, 4.69) is 5.32 Å². The number of aliphatic hydroxyl groups excluding tert-OH is 2. The van der Waals surface area contributed by atoms with Gasteiger partial charge in [-0.2, -0.15) is 0 Å². The van der Waals surface area contributed by atoms with Crippen molar-refractivity contribution in [3.63, 3.8) is 0 Å². The van der Waals surface area contributed by atoms with Crippen molar-refractivity contribution in [3.8, 4) is 0 Å². The average molecular weight is 242 g/mol. The molecule has 0 saturated heterocycles. The van der Waals surface area contributed by atoms with E-state index in [-0.39, 0.29) is 5.88 Å². The summed E-state index contributed by atoms with van der Waals surface area (Å²) in [5.41, 5.74) is 3.16. The van der Waals surface area contributed by atoms with Crippen LogP contribution in [0, 0.1) is 0 Å². The lowest BCUT2D eigenvalue weighted by Crippen LogP contribution is -2.27. The molecular formula is C12H16ClNO2. The van der Waals surface area contributed by atoms with Gasteiger partial charge in [-0.15, -0.1) is 11.6 Å². The summed E-state index contributed by atoms with van der Waals surface area (Å²) in [5.74, 6) is 0.0447. The number of aliphatic hydroxyl groups is 2. The molecule has 0 spiro atoms. The Morgan fingerprint density at radius 1 is 1.38 bits per heavy atom. The molecule has 1 heterocycles. The SMILES string of the molecule is OC(CCl)C(O)c1cccc2c1CCNC2. The van der Waals surface area contributed by atoms with Crippen molar-refractivity contribution >= 4 is 11.6 Å². The molecule has 2 unspecified atom stereocenters. The van der Waals surface area contributed by atoms with Crippen LogP contribution in [0.4, 0.5) is 0 Å². The number of hydrogen-bond donors (Lipinski definition) is 3. The Morgan fingerprint density at radius 3 is 2.94 bits per heavy atom. The third-order valence-electron chi connectivity index (χ3n) is 3.02. The van der Waals surface area contributed by atoms with Crippen molar-refractivity contribution in [1.82, 2.24) is 5.32 Å². The maximum atomic E-state index is 9.99. The fraction of sp³-hybridized carbons (Fsp3) is 0.500. The zero-order valence-electron chi connectivity index (χ0n) is 8.99. The Bertz CT molecular complexity index is 370. The van der Waals surface area contributed by atoms with Gasteiger partial charge in [-0.25, -0.2) is 0 Å². The summed E-state index contributed by atoms with van der Waals surface area (Å²) in [6.45, 7) is 1.74. The zero-order chi connectivity index (χ0) is 11.5. The predicted octanol–water partition coefficient (Wildman–Crippen LogP) is 0.965. The van der Waals surface area contributed by atoms with Gasteiger partial charge in [0, 0.05) is 6.54 Å². The minimum atomic E-state index is -0.900. The van der Waals surface area contributed by atoms with Gasteiger partial charge in [0.1, 0.15) is 6.10 Å². The number of benzene rings is 1. The Labute approximate surface area is 100 Å². The van der Waals surface area contributed by atoms with Crippen molar-refractivity contribution in [3.05, 3.63) is 34.9 Å². The molecule has 0 bridgehead atoms. The van der Waals surface area contributed by atoms with Gasteiger partial charge in [-0.1, -0.05) is 18.2 Å². The monoisotopic (exact) mass is 241 g/mol. The molecule has 0 aromatic heterocycles. The first-order valence-electron chi connectivity index (χ1n) is 5.47. The second kappa shape index (κ2) is 5.15. The summed E-state index contributed by atoms with van der Waals surface area (Å²) in [5, 5.41) is 22.9. The minimum Gasteiger partial charge on any atom is -0.389 e. The summed E-state index contributed by atoms with van der Waals surface area (Å²) in [7, 11) is 0. The van der Waals surface area contributed by atoms with Crippen molar-refractivity contribution < 1.29 is 10.2 Å². The predicted molar refractivity (Wildman–Crippen MR) is 63.5 cm³/mol. The highest BCUT2D eigenvalue weighted by Crippen LogP contribution is 2.26. The number of halogens is 1. The van der Waals surface area contributed by atoms with Crippen LogP contribution in [0.15, 0.2) is 18.2 Å². The van der Waals surface area contributed by atoms with Gasteiger partial charge in [0.05, 0.1) is 12.0 Å². The molecule has 2 rings (SSSR count). The van der Waals surface area contributed by atoms with Crippen LogP contribution in [0.3, 0.4) is 0 Å². The second-order valence-corrected chi connectivity index (χ2v) is 4.39. The van der Waals surface area contributed by atoms with Crippen LogP contribution in [-0.4, -0.2) is 28.7 Å². The zero-order valence-corrected chi connectivity index (χ0v) is 9.74. The van der Waals surface area contributed by atoms with E-state index in [0.29, 0.717) is 0 Å². The van der Waals surface area contributed by atoms with E-state index in [0.717, 1.165) is 30.6 Å². The van der Waals surface area contributed by atoms with Crippen molar-refractivity contribution in [2.75, 3.05) is 12.4 Å². The van der Waals surface area contributed by atoms with E-state index >= 15 is 0 Å². The normalized spacial score (nSPS) is 18.9. The van der Waals surface area contributed by atoms with Crippen LogP contribution in [0.25, 0.3) is 0 Å². The van der Waals surface area contributed by atoms with Gasteiger partial charge >= 0.3 is 0 Å². The summed E-state index contributed by atoms with van der Waals surface area (Å²) in [4.78, 5) is 0. The van der Waals surface area contributed by atoms with Crippen LogP contribution in [0.2, 0.25) is 0 Å². The van der Waals surface area contributed by atoms with Crippen molar-refractivity contribution in [2.45, 2.75) is 25.2 Å². The summed E-state index contributed by atoms with van der Waals surface area (Å²) in [6, 6.07) is 5.82. The number of hydrogen-bond acceptors (Lipinski definition) is 3. The second-order valence-electron chi connectivity index (χ2n) is 4.08. The third kappa shape index (κ3) is 2.23. The smallest absolute Gasteiger partial charge is 0.106 e. The van der Waals surface area contributed by atoms with E-state index in [4.69, 9.17) is 11.6 Å². The molecule has 4 heteroatoms. The first kappa shape index (κ1) is 11.9. The molecule has 16 heavy (non-hydrogen) atoms. The molecule has 3 nitrogen and oxygen atoms in total. The largest absolute Gasteiger partial charge is 0.389 e. The molecule has 0 aliphatic carbocycles. The summed E-state index contributed by atoms with van der Waals surface area (Å²) >= 11 is 5.56. The first-order chi connectivity index (χ1) is 7.74. The highest BCUT2D eigenvalue weighted by Gasteiger charge is 2.22. The van der Waals surface area contributed by atoms with E-state index in [9.17, 15) is 10.2 Å². The van der Waals surface area contributed by atoms with E-state index in [1.165, 1.54) is 5.56 Å². The molecule has 2 atom stereocenters. The number of fused-ring (bicyclic) bond motifs is 1. The van der Waals surface area contributed by atoms with Gasteiger partial charge in [0.25, 0.3) is 0 Å². The van der Waals surface area contributed by atoms with Crippen molar-refractivity contribution in [2.24, 2.45) is 0 Å². The minimum absolute atomic E-state index is 0.0447. The molecule has 1 aromatic carbocycles. The van der Waals surface area contributed by atoms with Crippen LogP contribution < -0.4 is 5.32 Å². The topological polar surface area (TPSA) is 52.5 Å². The first-order valence-corrected chi connectivity index (χ1v) is 6.01. The fourth-order valence-electron chi connectivity index (χ4n) is 2.13.